The predicted molar refractivity (Wildman–Crippen MR) is 169 cm³/mol. The molecule has 0 aliphatic rings. The van der Waals surface area contributed by atoms with Crippen LogP contribution in [0.5, 0.6) is 0 Å². The standard InChI is InChI=1S/C6H9ClN2.C5H6Cl2N2.C5H4ClF3N2.C5H7ClN2.C4H5ClN2/c1-5-4-8-6(3-7)9(5)2;1-9-4(7)3-8-5(9)2-6;6-1-3-4(5(7,8)9)11-2-10-3;1-8-3-5(2-6)7-4-8;5-3-4-6-1-2-7-4/h4H,3H2,1-2H3;3H,2H2,1H3;2H,1H2,(H,10,11);3-4H,2H2,1H3;1-2H,3H2,(H,6,7). The Morgan fingerprint density at radius 1 is 0.773 bits per heavy atom. The molecular formula is C25H31Cl6F3N10. The fraction of sp³-hybridized carbons (Fsp3) is 0.400. The summed E-state index contributed by atoms with van der Waals surface area (Å²) in [5.41, 5.74) is 1.03. The van der Waals surface area contributed by atoms with Crippen LogP contribution in [0.25, 0.3) is 0 Å². The van der Waals surface area contributed by atoms with Gasteiger partial charge in [0, 0.05) is 51.6 Å². The molecule has 19 heteroatoms. The molecular weight excluding hydrogens is 710 g/mol. The number of aryl methyl sites for hydroxylation is 2. The fourth-order valence-electron chi connectivity index (χ4n) is 2.79. The molecule has 44 heavy (non-hydrogen) atoms. The van der Waals surface area contributed by atoms with Crippen molar-refractivity contribution in [1.29, 1.82) is 0 Å². The van der Waals surface area contributed by atoms with Crippen molar-refractivity contribution < 1.29 is 13.2 Å². The summed E-state index contributed by atoms with van der Waals surface area (Å²) in [5, 5.41) is 0.616. The Labute approximate surface area is 282 Å². The first-order valence-electron chi connectivity index (χ1n) is 12.3. The molecule has 10 nitrogen and oxygen atoms in total. The van der Waals surface area contributed by atoms with E-state index in [1.165, 1.54) is 0 Å². The summed E-state index contributed by atoms with van der Waals surface area (Å²) in [5.74, 6) is 4.19. The van der Waals surface area contributed by atoms with E-state index in [0.29, 0.717) is 28.7 Å². The van der Waals surface area contributed by atoms with E-state index in [1.807, 2.05) is 49.6 Å². The first-order valence-corrected chi connectivity index (χ1v) is 15.3. The number of hydrogen-bond acceptors (Lipinski definition) is 5. The van der Waals surface area contributed by atoms with Crippen LogP contribution in [0.1, 0.15) is 40.2 Å². The number of aromatic nitrogens is 10. The summed E-state index contributed by atoms with van der Waals surface area (Å²) in [6.45, 7) is 2.00. The molecule has 0 fully saturated rings. The summed E-state index contributed by atoms with van der Waals surface area (Å²) in [7, 11) is 5.70. The zero-order valence-electron chi connectivity index (χ0n) is 24.1. The van der Waals surface area contributed by atoms with E-state index in [1.54, 1.807) is 29.5 Å². The highest BCUT2D eigenvalue weighted by atomic mass is 35.5. The van der Waals surface area contributed by atoms with Crippen LogP contribution in [0.15, 0.2) is 43.6 Å². The van der Waals surface area contributed by atoms with Crippen molar-refractivity contribution in [3.63, 3.8) is 0 Å². The quantitative estimate of drug-likeness (QED) is 0.179. The summed E-state index contributed by atoms with van der Waals surface area (Å²) in [6, 6.07) is 0. The highest BCUT2D eigenvalue weighted by Gasteiger charge is 2.35. The van der Waals surface area contributed by atoms with Crippen molar-refractivity contribution >= 4 is 69.6 Å². The zero-order chi connectivity index (χ0) is 33.3. The Bertz CT molecular complexity index is 1420. The van der Waals surface area contributed by atoms with E-state index in [9.17, 15) is 13.2 Å². The second-order valence-corrected chi connectivity index (χ2v) is 10.1. The molecule has 0 spiro atoms. The van der Waals surface area contributed by atoms with Gasteiger partial charge in [-0.2, -0.15) is 13.2 Å². The van der Waals surface area contributed by atoms with Crippen LogP contribution in [0.2, 0.25) is 5.15 Å². The number of H-pyrrole nitrogens is 2. The Kier molecular flexibility index (Phi) is 18.5. The van der Waals surface area contributed by atoms with Crippen molar-refractivity contribution in [3.8, 4) is 0 Å². The Hall–Kier alpha value is -2.42. The number of imidazole rings is 5. The maximum atomic E-state index is 11.9. The lowest BCUT2D eigenvalue weighted by atomic mass is 10.3. The van der Waals surface area contributed by atoms with E-state index in [4.69, 9.17) is 69.6 Å². The SMILES string of the molecule is Cc1cnc(CCl)n1C.ClCc1ncc[nH]1.Cn1c(Cl)cnc1CCl.Cn1cnc(CCl)c1.FC(F)(F)c1nc[nH]c1CCl. The molecule has 0 unspecified atom stereocenters. The minimum atomic E-state index is -4.41. The maximum absolute atomic E-state index is 11.9. The number of alkyl halides is 8. The number of nitrogens with one attached hydrogen (secondary N) is 2. The molecule has 244 valence electrons. The molecule has 0 aliphatic heterocycles. The molecule has 2 N–H and O–H groups in total. The zero-order valence-corrected chi connectivity index (χ0v) is 28.6. The van der Waals surface area contributed by atoms with Gasteiger partial charge in [-0.15, -0.1) is 58.0 Å². The largest absolute Gasteiger partial charge is 0.435 e. The Balaban J connectivity index is 0.000000277. The van der Waals surface area contributed by atoms with Gasteiger partial charge in [0.2, 0.25) is 0 Å². The summed E-state index contributed by atoms with van der Waals surface area (Å²) in [4.78, 5) is 24.0. The molecule has 5 aromatic heterocycles. The smallest absolute Gasteiger partial charge is 0.348 e. The maximum Gasteiger partial charge on any atom is 0.435 e. The number of aromatic amines is 2. The van der Waals surface area contributed by atoms with Crippen molar-refractivity contribution in [2.24, 2.45) is 21.1 Å². The summed E-state index contributed by atoms with van der Waals surface area (Å²) < 4.78 is 41.4. The molecule has 5 aromatic rings. The lowest BCUT2D eigenvalue weighted by Crippen LogP contribution is -2.08. The normalized spacial score (nSPS) is 10.4. The topological polar surface area (TPSA) is 111 Å². The lowest BCUT2D eigenvalue weighted by Gasteiger charge is -2.02. The van der Waals surface area contributed by atoms with Gasteiger partial charge in [0.25, 0.3) is 0 Å². The van der Waals surface area contributed by atoms with Crippen LogP contribution in [-0.4, -0.2) is 48.6 Å². The molecule has 0 amide bonds. The van der Waals surface area contributed by atoms with E-state index >= 15 is 0 Å². The van der Waals surface area contributed by atoms with E-state index in [0.717, 1.165) is 35.2 Å². The molecule has 0 saturated heterocycles. The number of hydrogen-bond donors (Lipinski definition) is 2. The van der Waals surface area contributed by atoms with Crippen LogP contribution >= 0.6 is 69.6 Å². The van der Waals surface area contributed by atoms with Gasteiger partial charge >= 0.3 is 6.18 Å². The fourth-order valence-corrected chi connectivity index (χ4v) is 3.92. The third kappa shape index (κ3) is 13.7. The molecule has 0 saturated carbocycles. The van der Waals surface area contributed by atoms with Crippen LogP contribution in [0, 0.1) is 6.92 Å². The number of rotatable bonds is 5. The third-order valence-corrected chi connectivity index (χ3v) is 6.90. The highest BCUT2D eigenvalue weighted by Crippen LogP contribution is 2.30. The van der Waals surface area contributed by atoms with Gasteiger partial charge in [-0.05, 0) is 6.92 Å². The van der Waals surface area contributed by atoms with Crippen molar-refractivity contribution in [3.05, 3.63) is 89.0 Å². The monoisotopic (exact) mass is 738 g/mol. The second-order valence-electron chi connectivity index (χ2n) is 8.39. The van der Waals surface area contributed by atoms with E-state index in [-0.39, 0.29) is 11.6 Å². The molecule has 0 bridgehead atoms. The van der Waals surface area contributed by atoms with Crippen molar-refractivity contribution in [1.82, 2.24) is 48.6 Å². The van der Waals surface area contributed by atoms with Crippen LogP contribution in [-0.2, 0) is 56.7 Å². The van der Waals surface area contributed by atoms with Gasteiger partial charge in [0.05, 0.1) is 59.6 Å². The average Bonchev–Trinajstić information content (AvgIpc) is 3.85. The van der Waals surface area contributed by atoms with Gasteiger partial charge in [-0.25, -0.2) is 24.9 Å². The van der Waals surface area contributed by atoms with Crippen LogP contribution < -0.4 is 0 Å². The summed E-state index contributed by atoms with van der Waals surface area (Å²) in [6.07, 6.45) is 7.02. The Morgan fingerprint density at radius 3 is 1.68 bits per heavy atom. The average molecular weight is 741 g/mol. The molecule has 0 aromatic carbocycles. The van der Waals surface area contributed by atoms with Gasteiger partial charge in [0.15, 0.2) is 5.69 Å². The third-order valence-electron chi connectivity index (χ3n) is 5.28. The van der Waals surface area contributed by atoms with Crippen LogP contribution in [0.4, 0.5) is 13.2 Å². The van der Waals surface area contributed by atoms with Gasteiger partial charge in [-0.3, -0.25) is 0 Å². The molecule has 0 atom stereocenters. The van der Waals surface area contributed by atoms with Crippen molar-refractivity contribution in [2.45, 2.75) is 42.5 Å². The van der Waals surface area contributed by atoms with Crippen molar-refractivity contribution in [2.75, 3.05) is 0 Å². The van der Waals surface area contributed by atoms with Gasteiger partial charge < -0.3 is 23.7 Å². The first-order chi connectivity index (χ1) is 20.8. The first kappa shape index (κ1) is 39.6. The molecule has 5 rings (SSSR count). The highest BCUT2D eigenvalue weighted by molar-refractivity contribution is 6.29. The molecule has 0 aliphatic carbocycles. The van der Waals surface area contributed by atoms with Gasteiger partial charge in [0.1, 0.15) is 22.6 Å². The predicted octanol–water partition coefficient (Wildman–Crippen LogP) is 7.75. The molecule has 0 radical (unpaired) electrons. The Morgan fingerprint density at radius 2 is 1.41 bits per heavy atom. The minimum Gasteiger partial charge on any atom is -0.348 e. The number of halogens is 9. The lowest BCUT2D eigenvalue weighted by molar-refractivity contribution is -0.141. The van der Waals surface area contributed by atoms with Gasteiger partial charge in [-0.1, -0.05) is 11.6 Å². The number of nitrogens with zero attached hydrogens (tertiary/aromatic N) is 8. The summed E-state index contributed by atoms with van der Waals surface area (Å²) >= 11 is 32.8. The molecule has 5 heterocycles. The van der Waals surface area contributed by atoms with E-state index in [2.05, 4.69) is 34.9 Å². The second kappa shape index (κ2) is 20.6. The minimum absolute atomic E-state index is 0.0980. The van der Waals surface area contributed by atoms with Crippen LogP contribution in [0.3, 0.4) is 0 Å². The van der Waals surface area contributed by atoms with E-state index < -0.39 is 11.9 Å².